The van der Waals surface area contributed by atoms with E-state index in [9.17, 15) is 9.18 Å². The second-order valence-electron chi connectivity index (χ2n) is 6.20. The number of hydrogen-bond donors (Lipinski definition) is 1. The Morgan fingerprint density at radius 3 is 2.86 bits per heavy atom. The second kappa shape index (κ2) is 9.34. The lowest BCUT2D eigenvalue weighted by atomic mass is 10.1. The Morgan fingerprint density at radius 1 is 1.32 bits per heavy atom. The summed E-state index contributed by atoms with van der Waals surface area (Å²) in [6, 6.07) is 8.34. The highest BCUT2D eigenvalue weighted by Gasteiger charge is 2.15. The predicted molar refractivity (Wildman–Crippen MR) is 110 cm³/mol. The third-order valence-electron chi connectivity index (χ3n) is 4.23. The van der Waals surface area contributed by atoms with Gasteiger partial charge < -0.3 is 9.84 Å². The van der Waals surface area contributed by atoms with Crippen LogP contribution >= 0.6 is 27.7 Å². The van der Waals surface area contributed by atoms with Crippen molar-refractivity contribution in [1.29, 1.82) is 0 Å². The van der Waals surface area contributed by atoms with Crippen LogP contribution in [0.25, 0.3) is 0 Å². The van der Waals surface area contributed by atoms with E-state index >= 15 is 0 Å². The molecule has 0 bridgehead atoms. The lowest BCUT2D eigenvalue weighted by Crippen LogP contribution is -2.26. The van der Waals surface area contributed by atoms with E-state index in [2.05, 4.69) is 31.4 Å². The average Bonchev–Trinajstić information content (AvgIpc) is 3.01. The van der Waals surface area contributed by atoms with Crippen LogP contribution in [-0.4, -0.2) is 22.6 Å². The average molecular weight is 464 g/mol. The summed E-state index contributed by atoms with van der Waals surface area (Å²) in [6.45, 7) is 4.21. The van der Waals surface area contributed by atoms with Crippen molar-refractivity contribution in [3.05, 3.63) is 75.0 Å². The highest BCUT2D eigenvalue weighted by molar-refractivity contribution is 9.10. The van der Waals surface area contributed by atoms with Gasteiger partial charge in [0.2, 0.25) is 0 Å². The standard InChI is InChI=1S/C20H19BrFN3O2S/c1-12-16(13(2)27-25-12)11-28-20-15(4-3-8-24-20)19(26)23-9-7-14-5-6-18(22)17(21)10-14/h3-6,8,10H,7,9,11H2,1-2H3,(H,23,26). The van der Waals surface area contributed by atoms with E-state index in [-0.39, 0.29) is 11.7 Å². The number of hydrogen-bond acceptors (Lipinski definition) is 5. The Labute approximate surface area is 175 Å². The molecular weight excluding hydrogens is 445 g/mol. The zero-order valence-corrected chi connectivity index (χ0v) is 17.9. The molecule has 2 heterocycles. The molecule has 0 saturated carbocycles. The predicted octanol–water partition coefficient (Wildman–Crippen LogP) is 4.85. The summed E-state index contributed by atoms with van der Waals surface area (Å²) in [5.41, 5.74) is 3.33. The Balaban J connectivity index is 1.61. The van der Waals surface area contributed by atoms with Crippen LogP contribution in [0, 0.1) is 19.7 Å². The monoisotopic (exact) mass is 463 g/mol. The third-order valence-corrected chi connectivity index (χ3v) is 5.87. The van der Waals surface area contributed by atoms with E-state index in [1.165, 1.54) is 17.8 Å². The topological polar surface area (TPSA) is 68.0 Å². The zero-order valence-electron chi connectivity index (χ0n) is 15.5. The van der Waals surface area contributed by atoms with Crippen molar-refractivity contribution < 1.29 is 13.7 Å². The molecule has 3 rings (SSSR count). The lowest BCUT2D eigenvalue weighted by Gasteiger charge is -2.09. The minimum absolute atomic E-state index is 0.185. The molecule has 1 N–H and O–H groups in total. The number of benzene rings is 1. The normalized spacial score (nSPS) is 10.9. The van der Waals surface area contributed by atoms with Gasteiger partial charge in [-0.25, -0.2) is 9.37 Å². The molecule has 28 heavy (non-hydrogen) atoms. The number of pyridine rings is 1. The summed E-state index contributed by atoms with van der Waals surface area (Å²) < 4.78 is 18.9. The third kappa shape index (κ3) is 4.99. The zero-order chi connectivity index (χ0) is 20.1. The van der Waals surface area contributed by atoms with E-state index in [1.54, 1.807) is 30.5 Å². The van der Waals surface area contributed by atoms with Crippen molar-refractivity contribution in [2.75, 3.05) is 6.54 Å². The molecule has 8 heteroatoms. The van der Waals surface area contributed by atoms with Crippen molar-refractivity contribution in [3.8, 4) is 0 Å². The molecule has 0 unspecified atom stereocenters. The highest BCUT2D eigenvalue weighted by Crippen LogP contribution is 2.27. The van der Waals surface area contributed by atoms with Gasteiger partial charge in [0.15, 0.2) is 0 Å². The van der Waals surface area contributed by atoms with Crippen molar-refractivity contribution in [2.24, 2.45) is 0 Å². The summed E-state index contributed by atoms with van der Waals surface area (Å²) in [5.74, 6) is 0.915. The number of nitrogens with zero attached hydrogens (tertiary/aromatic N) is 2. The summed E-state index contributed by atoms with van der Waals surface area (Å²) in [7, 11) is 0. The fraction of sp³-hybridized carbons (Fsp3) is 0.250. The molecule has 5 nitrogen and oxygen atoms in total. The summed E-state index contributed by atoms with van der Waals surface area (Å²) >= 11 is 4.65. The van der Waals surface area contributed by atoms with Crippen LogP contribution in [0.3, 0.4) is 0 Å². The highest BCUT2D eigenvalue weighted by atomic mass is 79.9. The van der Waals surface area contributed by atoms with E-state index in [0.717, 1.165) is 22.6 Å². The first kappa shape index (κ1) is 20.5. The van der Waals surface area contributed by atoms with Gasteiger partial charge in [-0.3, -0.25) is 4.79 Å². The van der Waals surface area contributed by atoms with Gasteiger partial charge in [0.1, 0.15) is 16.6 Å². The molecule has 0 aliphatic carbocycles. The molecule has 1 amide bonds. The van der Waals surface area contributed by atoms with Gasteiger partial charge in [0.25, 0.3) is 5.91 Å². The van der Waals surface area contributed by atoms with Crippen LogP contribution in [0.15, 0.2) is 50.6 Å². The van der Waals surface area contributed by atoms with Crippen molar-refractivity contribution in [2.45, 2.75) is 31.0 Å². The van der Waals surface area contributed by atoms with Gasteiger partial charge in [-0.05, 0) is 66.0 Å². The first-order chi connectivity index (χ1) is 13.5. The minimum atomic E-state index is -0.303. The fourth-order valence-corrected chi connectivity index (χ4v) is 4.21. The first-order valence-corrected chi connectivity index (χ1v) is 10.4. The molecule has 0 spiro atoms. The maximum atomic E-state index is 13.3. The SMILES string of the molecule is Cc1noc(C)c1CSc1ncccc1C(=O)NCCc1ccc(F)c(Br)c1. The van der Waals surface area contributed by atoms with Gasteiger partial charge >= 0.3 is 0 Å². The van der Waals surface area contributed by atoms with E-state index in [0.29, 0.717) is 33.8 Å². The number of nitrogens with one attached hydrogen (secondary N) is 1. The number of rotatable bonds is 7. The molecular formula is C20H19BrFN3O2S. The quantitative estimate of drug-likeness (QED) is 0.507. The lowest BCUT2D eigenvalue weighted by molar-refractivity contribution is 0.0950. The van der Waals surface area contributed by atoms with Crippen molar-refractivity contribution in [3.63, 3.8) is 0 Å². The first-order valence-electron chi connectivity index (χ1n) is 8.67. The van der Waals surface area contributed by atoms with Crippen LogP contribution in [-0.2, 0) is 12.2 Å². The number of aryl methyl sites for hydroxylation is 2. The van der Waals surface area contributed by atoms with Crippen LogP contribution in [0.5, 0.6) is 0 Å². The van der Waals surface area contributed by atoms with Gasteiger partial charge in [-0.1, -0.05) is 11.2 Å². The van der Waals surface area contributed by atoms with E-state index < -0.39 is 0 Å². The Hall–Kier alpha value is -2.19. The molecule has 0 aliphatic heterocycles. The molecule has 0 aliphatic rings. The molecule has 0 saturated heterocycles. The molecule has 146 valence electrons. The summed E-state index contributed by atoms with van der Waals surface area (Å²) in [5, 5.41) is 7.51. The van der Waals surface area contributed by atoms with Crippen LogP contribution in [0.1, 0.15) is 32.9 Å². The van der Waals surface area contributed by atoms with Crippen molar-refractivity contribution >= 4 is 33.6 Å². The van der Waals surface area contributed by atoms with Gasteiger partial charge in [0, 0.05) is 24.1 Å². The van der Waals surface area contributed by atoms with Crippen LogP contribution < -0.4 is 5.32 Å². The molecule has 1 aromatic carbocycles. The second-order valence-corrected chi connectivity index (χ2v) is 8.02. The molecule has 3 aromatic rings. The Kier molecular flexibility index (Phi) is 6.85. The maximum Gasteiger partial charge on any atom is 0.254 e. The van der Waals surface area contributed by atoms with E-state index in [4.69, 9.17) is 4.52 Å². The Morgan fingerprint density at radius 2 is 2.14 bits per heavy atom. The summed E-state index contributed by atoms with van der Waals surface area (Å²) in [4.78, 5) is 17.0. The number of aromatic nitrogens is 2. The Bertz CT molecular complexity index is 974. The van der Waals surface area contributed by atoms with Gasteiger partial charge in [-0.15, -0.1) is 11.8 Å². The summed E-state index contributed by atoms with van der Waals surface area (Å²) in [6.07, 6.45) is 2.27. The number of thioether (sulfide) groups is 1. The number of carbonyl (C=O) groups is 1. The minimum Gasteiger partial charge on any atom is -0.361 e. The molecule has 0 atom stereocenters. The van der Waals surface area contributed by atoms with Gasteiger partial charge in [0.05, 0.1) is 15.7 Å². The van der Waals surface area contributed by atoms with E-state index in [1.807, 2.05) is 13.8 Å². The largest absolute Gasteiger partial charge is 0.361 e. The number of carbonyl (C=O) groups excluding carboxylic acids is 1. The smallest absolute Gasteiger partial charge is 0.254 e. The van der Waals surface area contributed by atoms with Crippen LogP contribution in [0.4, 0.5) is 4.39 Å². The number of amides is 1. The maximum absolute atomic E-state index is 13.3. The number of halogens is 2. The molecule has 0 radical (unpaired) electrons. The van der Waals surface area contributed by atoms with Gasteiger partial charge in [-0.2, -0.15) is 0 Å². The van der Waals surface area contributed by atoms with Crippen molar-refractivity contribution in [1.82, 2.24) is 15.5 Å². The fourth-order valence-electron chi connectivity index (χ4n) is 2.64. The van der Waals surface area contributed by atoms with Crippen LogP contribution in [0.2, 0.25) is 0 Å². The molecule has 2 aromatic heterocycles. The molecule has 0 fully saturated rings.